The number of hydrogen-bond acceptors (Lipinski definition) is 6. The molecule has 200 valence electrons. The van der Waals surface area contributed by atoms with Gasteiger partial charge in [-0.1, -0.05) is 11.6 Å². The lowest BCUT2D eigenvalue weighted by molar-refractivity contribution is -0.124. The molecule has 11 heteroatoms. The molecule has 1 fully saturated rings. The third-order valence-corrected chi connectivity index (χ3v) is 8.59. The summed E-state index contributed by atoms with van der Waals surface area (Å²) in [5, 5.41) is 4.55. The van der Waals surface area contributed by atoms with E-state index in [4.69, 9.17) is 16.3 Å². The standard InChI is InChI=1S/C27H29ClN4O5S/c1-4-37-27(34)20-7-11-23(12-8-20)32-18(2)16-21(19(32)3)17-29-30-26(33)25-6-5-15-31(25)38(35,36)24-13-9-22(28)10-14-24/h7-14,16-17,25H,4-6,15H2,1-3H3,(H,30,33)/b29-17-/t25-/m1/s1. The van der Waals surface area contributed by atoms with Gasteiger partial charge in [0.15, 0.2) is 0 Å². The van der Waals surface area contributed by atoms with Gasteiger partial charge in [0.2, 0.25) is 10.0 Å². The van der Waals surface area contributed by atoms with Crippen LogP contribution in [0.5, 0.6) is 0 Å². The predicted octanol–water partition coefficient (Wildman–Crippen LogP) is 4.23. The maximum atomic E-state index is 13.1. The summed E-state index contributed by atoms with van der Waals surface area (Å²) < 4.78 is 34.5. The number of aryl methyl sites for hydroxylation is 1. The molecule has 2 heterocycles. The van der Waals surface area contributed by atoms with Gasteiger partial charge in [0, 0.05) is 34.2 Å². The van der Waals surface area contributed by atoms with Gasteiger partial charge in [-0.05, 0) is 88.2 Å². The minimum Gasteiger partial charge on any atom is -0.462 e. The van der Waals surface area contributed by atoms with Crippen LogP contribution in [0.1, 0.15) is 47.1 Å². The Morgan fingerprint density at radius 3 is 2.47 bits per heavy atom. The van der Waals surface area contributed by atoms with Crippen LogP contribution in [-0.2, 0) is 19.6 Å². The third kappa shape index (κ3) is 5.67. The summed E-state index contributed by atoms with van der Waals surface area (Å²) in [5.74, 6) is -0.856. The van der Waals surface area contributed by atoms with Crippen LogP contribution in [0, 0.1) is 13.8 Å². The number of hydrogen-bond donors (Lipinski definition) is 1. The zero-order valence-electron chi connectivity index (χ0n) is 21.3. The minimum absolute atomic E-state index is 0.0906. The second kappa shape index (κ2) is 11.5. The molecule has 0 aliphatic carbocycles. The summed E-state index contributed by atoms with van der Waals surface area (Å²) in [4.78, 5) is 24.9. The first-order valence-corrected chi connectivity index (χ1v) is 14.0. The fraction of sp³-hybridized carbons (Fsp3) is 0.296. The molecule has 1 atom stereocenters. The molecule has 38 heavy (non-hydrogen) atoms. The lowest BCUT2D eigenvalue weighted by atomic mass is 10.2. The number of nitrogens with zero attached hydrogens (tertiary/aromatic N) is 3. The van der Waals surface area contributed by atoms with E-state index >= 15 is 0 Å². The van der Waals surface area contributed by atoms with Crippen LogP contribution in [0.3, 0.4) is 0 Å². The molecule has 1 amide bonds. The topological polar surface area (TPSA) is 110 Å². The van der Waals surface area contributed by atoms with Crippen molar-refractivity contribution >= 4 is 39.7 Å². The van der Waals surface area contributed by atoms with E-state index in [-0.39, 0.29) is 17.4 Å². The molecule has 0 saturated carbocycles. The van der Waals surface area contributed by atoms with Gasteiger partial charge in [0.25, 0.3) is 5.91 Å². The van der Waals surface area contributed by atoms with E-state index in [1.165, 1.54) is 34.8 Å². The SMILES string of the molecule is CCOC(=O)c1ccc(-n2c(C)cc(/C=N\NC(=O)[C@H]3CCCN3S(=O)(=O)c3ccc(Cl)cc3)c2C)cc1. The number of carbonyl (C=O) groups is 2. The van der Waals surface area contributed by atoms with Crippen LogP contribution in [0.15, 0.2) is 64.6 Å². The molecule has 0 radical (unpaired) electrons. The highest BCUT2D eigenvalue weighted by Crippen LogP contribution is 2.27. The molecule has 2 aromatic carbocycles. The van der Waals surface area contributed by atoms with Crippen LogP contribution >= 0.6 is 11.6 Å². The summed E-state index contributed by atoms with van der Waals surface area (Å²) in [7, 11) is -3.85. The van der Waals surface area contributed by atoms with E-state index in [9.17, 15) is 18.0 Å². The fourth-order valence-corrected chi connectivity index (χ4v) is 6.33. The Bertz CT molecular complexity index is 1460. The first-order chi connectivity index (χ1) is 18.1. The van der Waals surface area contributed by atoms with Crippen molar-refractivity contribution < 1.29 is 22.7 Å². The molecule has 0 spiro atoms. The molecular weight excluding hydrogens is 528 g/mol. The molecule has 4 rings (SSSR count). The number of halogens is 1. The van der Waals surface area contributed by atoms with E-state index in [0.29, 0.717) is 30.0 Å². The lowest BCUT2D eigenvalue weighted by Gasteiger charge is -2.22. The quantitative estimate of drug-likeness (QED) is 0.254. The van der Waals surface area contributed by atoms with Gasteiger partial charge >= 0.3 is 5.97 Å². The Balaban J connectivity index is 1.46. The van der Waals surface area contributed by atoms with Gasteiger partial charge in [0.05, 0.1) is 23.3 Å². The van der Waals surface area contributed by atoms with Crippen molar-refractivity contribution in [2.45, 2.75) is 44.6 Å². The molecular formula is C27H29ClN4O5S. The average Bonchev–Trinajstić information content (AvgIpc) is 3.50. The Labute approximate surface area is 227 Å². The number of rotatable bonds is 8. The van der Waals surface area contributed by atoms with Crippen LogP contribution < -0.4 is 5.43 Å². The van der Waals surface area contributed by atoms with Gasteiger partial charge in [-0.25, -0.2) is 18.6 Å². The molecule has 1 saturated heterocycles. The summed E-state index contributed by atoms with van der Waals surface area (Å²) in [6.07, 6.45) is 2.52. The van der Waals surface area contributed by atoms with Gasteiger partial charge < -0.3 is 9.30 Å². The first-order valence-electron chi connectivity index (χ1n) is 12.2. The van der Waals surface area contributed by atoms with Crippen LogP contribution in [-0.4, -0.2) is 54.6 Å². The largest absolute Gasteiger partial charge is 0.462 e. The average molecular weight is 557 g/mol. The van der Waals surface area contributed by atoms with E-state index in [1.807, 2.05) is 36.6 Å². The van der Waals surface area contributed by atoms with Gasteiger partial charge in [-0.15, -0.1) is 0 Å². The number of nitrogens with one attached hydrogen (secondary N) is 1. The summed E-state index contributed by atoms with van der Waals surface area (Å²) in [6.45, 7) is 6.19. The summed E-state index contributed by atoms with van der Waals surface area (Å²) in [5.41, 5.74) is 6.46. The van der Waals surface area contributed by atoms with Gasteiger partial charge in [0.1, 0.15) is 6.04 Å². The van der Waals surface area contributed by atoms with Crippen LogP contribution in [0.25, 0.3) is 5.69 Å². The van der Waals surface area contributed by atoms with E-state index in [1.54, 1.807) is 19.1 Å². The number of benzene rings is 2. The zero-order chi connectivity index (χ0) is 27.4. The lowest BCUT2D eigenvalue weighted by Crippen LogP contribution is -2.44. The highest BCUT2D eigenvalue weighted by Gasteiger charge is 2.39. The van der Waals surface area contributed by atoms with Crippen molar-refractivity contribution in [1.82, 2.24) is 14.3 Å². The van der Waals surface area contributed by atoms with Crippen LogP contribution in [0.2, 0.25) is 5.02 Å². The molecule has 0 bridgehead atoms. The van der Waals surface area contributed by atoms with E-state index in [2.05, 4.69) is 10.5 Å². The number of aromatic nitrogens is 1. The number of sulfonamides is 1. The highest BCUT2D eigenvalue weighted by molar-refractivity contribution is 7.89. The number of carbonyl (C=O) groups excluding carboxylic acids is 2. The maximum Gasteiger partial charge on any atom is 0.338 e. The molecule has 1 N–H and O–H groups in total. The van der Waals surface area contributed by atoms with Crippen molar-refractivity contribution in [2.75, 3.05) is 13.2 Å². The number of ether oxygens (including phenoxy) is 1. The predicted molar refractivity (Wildman–Crippen MR) is 145 cm³/mol. The smallest absolute Gasteiger partial charge is 0.338 e. The Morgan fingerprint density at radius 2 is 1.82 bits per heavy atom. The summed E-state index contributed by atoms with van der Waals surface area (Å²) >= 11 is 5.89. The molecule has 1 aliphatic heterocycles. The normalized spacial score (nSPS) is 16.2. The second-order valence-corrected chi connectivity index (χ2v) is 11.2. The number of esters is 1. The Morgan fingerprint density at radius 1 is 1.13 bits per heavy atom. The highest BCUT2D eigenvalue weighted by atomic mass is 35.5. The molecule has 0 unspecified atom stereocenters. The monoisotopic (exact) mass is 556 g/mol. The molecule has 1 aliphatic rings. The van der Waals surface area contributed by atoms with Crippen molar-refractivity contribution in [3.8, 4) is 5.69 Å². The number of hydrazone groups is 1. The van der Waals surface area contributed by atoms with Crippen molar-refractivity contribution in [1.29, 1.82) is 0 Å². The molecule has 1 aromatic heterocycles. The van der Waals surface area contributed by atoms with Crippen molar-refractivity contribution in [3.63, 3.8) is 0 Å². The van der Waals surface area contributed by atoms with Gasteiger partial charge in [-0.3, -0.25) is 4.79 Å². The second-order valence-electron chi connectivity index (χ2n) is 8.89. The van der Waals surface area contributed by atoms with Crippen molar-refractivity contribution in [2.24, 2.45) is 5.10 Å². The van der Waals surface area contributed by atoms with E-state index < -0.39 is 22.0 Å². The minimum atomic E-state index is -3.85. The van der Waals surface area contributed by atoms with Gasteiger partial charge in [-0.2, -0.15) is 9.41 Å². The molecule has 9 nitrogen and oxygen atoms in total. The van der Waals surface area contributed by atoms with Crippen LogP contribution in [0.4, 0.5) is 0 Å². The fourth-order valence-electron chi connectivity index (χ4n) is 4.55. The Kier molecular flexibility index (Phi) is 8.35. The maximum absolute atomic E-state index is 13.1. The summed E-state index contributed by atoms with van der Waals surface area (Å²) in [6, 6.07) is 14.1. The van der Waals surface area contributed by atoms with E-state index in [0.717, 1.165) is 22.6 Å². The molecule has 3 aromatic rings. The third-order valence-electron chi connectivity index (χ3n) is 6.41. The Hall–Kier alpha value is -3.47. The first kappa shape index (κ1) is 27.6. The zero-order valence-corrected chi connectivity index (χ0v) is 22.9. The number of amides is 1. The van der Waals surface area contributed by atoms with Crippen molar-refractivity contribution in [3.05, 3.63) is 82.1 Å².